The van der Waals surface area contributed by atoms with Crippen LogP contribution in [0, 0.1) is 5.92 Å². The molecule has 0 radical (unpaired) electrons. The summed E-state index contributed by atoms with van der Waals surface area (Å²) in [6.45, 7) is 15.9. The van der Waals surface area contributed by atoms with E-state index in [2.05, 4.69) is 45.0 Å². The largest absolute Gasteiger partial charge is 0.465 e. The van der Waals surface area contributed by atoms with Gasteiger partial charge in [-0.05, 0) is 60.0 Å². The van der Waals surface area contributed by atoms with Crippen LogP contribution in [0.3, 0.4) is 0 Å². The number of nitrogens with one attached hydrogen (secondary N) is 1. The summed E-state index contributed by atoms with van der Waals surface area (Å²) in [6, 6.07) is 0.820. The van der Waals surface area contributed by atoms with E-state index in [0.717, 1.165) is 19.4 Å². The standard InChI is InChI=1S/C17H36N2O2/c1-9-18-17(7,16(20)21-10-2)12-15(6)19(8)14(5)11-13(3)4/h13-15,18H,9-12H2,1-8H3. The summed E-state index contributed by atoms with van der Waals surface area (Å²) in [5.41, 5.74) is -0.615. The Labute approximate surface area is 131 Å². The predicted octanol–water partition coefficient (Wildman–Crippen LogP) is 3.06. The van der Waals surface area contributed by atoms with E-state index < -0.39 is 5.54 Å². The Bertz CT molecular complexity index is 307. The summed E-state index contributed by atoms with van der Waals surface area (Å²) in [6.07, 6.45) is 1.91. The molecule has 21 heavy (non-hydrogen) atoms. The smallest absolute Gasteiger partial charge is 0.326 e. The van der Waals surface area contributed by atoms with E-state index in [1.807, 2.05) is 20.8 Å². The molecule has 0 aromatic rings. The lowest BCUT2D eigenvalue weighted by molar-refractivity contribution is -0.151. The molecule has 0 saturated heterocycles. The molecule has 4 heteroatoms. The van der Waals surface area contributed by atoms with Gasteiger partial charge in [-0.15, -0.1) is 0 Å². The number of ether oxygens (including phenoxy) is 1. The normalized spacial score (nSPS) is 17.6. The van der Waals surface area contributed by atoms with Gasteiger partial charge in [0.1, 0.15) is 5.54 Å². The SMILES string of the molecule is CCNC(C)(CC(C)N(C)C(C)CC(C)C)C(=O)OCC. The molecule has 3 atom stereocenters. The van der Waals surface area contributed by atoms with Crippen molar-refractivity contribution in [2.45, 2.75) is 78.9 Å². The number of hydrogen-bond acceptors (Lipinski definition) is 4. The monoisotopic (exact) mass is 300 g/mol. The summed E-state index contributed by atoms with van der Waals surface area (Å²) in [4.78, 5) is 14.6. The number of likely N-dealkylation sites (N-methyl/N-ethyl adjacent to an activating group) is 1. The van der Waals surface area contributed by atoms with Gasteiger partial charge >= 0.3 is 5.97 Å². The zero-order valence-corrected chi connectivity index (χ0v) is 15.3. The van der Waals surface area contributed by atoms with Gasteiger partial charge in [0.15, 0.2) is 0 Å². The summed E-state index contributed by atoms with van der Waals surface area (Å²) >= 11 is 0. The molecular weight excluding hydrogens is 264 g/mol. The highest BCUT2D eigenvalue weighted by Crippen LogP contribution is 2.21. The Balaban J connectivity index is 4.80. The lowest BCUT2D eigenvalue weighted by Gasteiger charge is -2.37. The zero-order valence-electron chi connectivity index (χ0n) is 15.3. The first-order valence-corrected chi connectivity index (χ1v) is 8.32. The number of rotatable bonds is 10. The van der Waals surface area contributed by atoms with E-state index in [4.69, 9.17) is 4.74 Å². The van der Waals surface area contributed by atoms with Gasteiger partial charge in [-0.3, -0.25) is 4.79 Å². The van der Waals surface area contributed by atoms with Crippen LogP contribution in [0.1, 0.15) is 61.3 Å². The van der Waals surface area contributed by atoms with E-state index in [0.29, 0.717) is 24.6 Å². The Hall–Kier alpha value is -0.610. The fourth-order valence-corrected chi connectivity index (χ4v) is 2.93. The molecule has 4 nitrogen and oxygen atoms in total. The van der Waals surface area contributed by atoms with Gasteiger partial charge < -0.3 is 15.0 Å². The van der Waals surface area contributed by atoms with Crippen molar-refractivity contribution in [3.63, 3.8) is 0 Å². The fourth-order valence-electron chi connectivity index (χ4n) is 2.93. The van der Waals surface area contributed by atoms with E-state index >= 15 is 0 Å². The number of nitrogens with zero attached hydrogens (tertiary/aromatic N) is 1. The average molecular weight is 300 g/mol. The second kappa shape index (κ2) is 9.42. The molecule has 0 aliphatic heterocycles. The van der Waals surface area contributed by atoms with Crippen LogP contribution in [-0.2, 0) is 9.53 Å². The van der Waals surface area contributed by atoms with E-state index in [-0.39, 0.29) is 5.97 Å². The molecule has 126 valence electrons. The first-order chi connectivity index (χ1) is 9.67. The Morgan fingerprint density at radius 2 is 1.76 bits per heavy atom. The van der Waals surface area contributed by atoms with Crippen molar-refractivity contribution in [1.29, 1.82) is 0 Å². The molecule has 0 rings (SSSR count). The van der Waals surface area contributed by atoms with Crippen molar-refractivity contribution in [2.24, 2.45) is 5.92 Å². The van der Waals surface area contributed by atoms with Crippen molar-refractivity contribution >= 4 is 5.97 Å². The van der Waals surface area contributed by atoms with Gasteiger partial charge in [-0.1, -0.05) is 20.8 Å². The highest BCUT2D eigenvalue weighted by atomic mass is 16.5. The van der Waals surface area contributed by atoms with Gasteiger partial charge in [0.25, 0.3) is 0 Å². The van der Waals surface area contributed by atoms with Crippen molar-refractivity contribution in [2.75, 3.05) is 20.2 Å². The van der Waals surface area contributed by atoms with Crippen LogP contribution in [0.2, 0.25) is 0 Å². The van der Waals surface area contributed by atoms with Crippen molar-refractivity contribution in [1.82, 2.24) is 10.2 Å². The van der Waals surface area contributed by atoms with E-state index in [9.17, 15) is 4.79 Å². The van der Waals surface area contributed by atoms with Gasteiger partial charge in [-0.2, -0.15) is 0 Å². The molecule has 0 aromatic heterocycles. The van der Waals surface area contributed by atoms with Crippen LogP contribution in [-0.4, -0.2) is 48.7 Å². The second-order valence-electron chi connectivity index (χ2n) is 6.78. The fraction of sp³-hybridized carbons (Fsp3) is 0.941. The molecule has 0 bridgehead atoms. The summed E-state index contributed by atoms with van der Waals surface area (Å²) in [5, 5.41) is 3.31. The summed E-state index contributed by atoms with van der Waals surface area (Å²) < 4.78 is 5.25. The summed E-state index contributed by atoms with van der Waals surface area (Å²) in [5.74, 6) is 0.531. The van der Waals surface area contributed by atoms with Gasteiger partial charge in [0.05, 0.1) is 6.61 Å². The lowest BCUT2D eigenvalue weighted by Crippen LogP contribution is -2.54. The number of hydrogen-bond donors (Lipinski definition) is 1. The molecule has 0 aliphatic carbocycles. The molecule has 0 spiro atoms. The lowest BCUT2D eigenvalue weighted by atomic mass is 9.91. The van der Waals surface area contributed by atoms with Crippen LogP contribution in [0.5, 0.6) is 0 Å². The molecule has 0 heterocycles. The Morgan fingerprint density at radius 1 is 1.19 bits per heavy atom. The van der Waals surface area contributed by atoms with E-state index in [1.165, 1.54) is 0 Å². The molecule has 0 amide bonds. The molecule has 0 fully saturated rings. The Kier molecular flexibility index (Phi) is 9.14. The van der Waals surface area contributed by atoms with Gasteiger partial charge in [0, 0.05) is 12.1 Å². The topological polar surface area (TPSA) is 41.6 Å². The first-order valence-electron chi connectivity index (χ1n) is 8.32. The summed E-state index contributed by atoms with van der Waals surface area (Å²) in [7, 11) is 2.15. The first kappa shape index (κ1) is 20.4. The Morgan fingerprint density at radius 3 is 2.19 bits per heavy atom. The highest BCUT2D eigenvalue weighted by Gasteiger charge is 2.36. The van der Waals surface area contributed by atoms with Crippen LogP contribution in [0.15, 0.2) is 0 Å². The van der Waals surface area contributed by atoms with Crippen LogP contribution in [0.25, 0.3) is 0 Å². The van der Waals surface area contributed by atoms with Gasteiger partial charge in [0.2, 0.25) is 0 Å². The minimum atomic E-state index is -0.615. The maximum Gasteiger partial charge on any atom is 0.326 e. The molecule has 0 saturated carbocycles. The molecule has 0 aliphatic rings. The van der Waals surface area contributed by atoms with Crippen LogP contribution < -0.4 is 5.32 Å². The van der Waals surface area contributed by atoms with E-state index in [1.54, 1.807) is 0 Å². The average Bonchev–Trinajstić information content (AvgIpc) is 2.37. The van der Waals surface area contributed by atoms with Crippen molar-refractivity contribution in [3.8, 4) is 0 Å². The number of esters is 1. The quantitative estimate of drug-likeness (QED) is 0.630. The number of carbonyl (C=O) groups excluding carboxylic acids is 1. The van der Waals surface area contributed by atoms with Crippen molar-refractivity contribution < 1.29 is 9.53 Å². The van der Waals surface area contributed by atoms with Crippen LogP contribution >= 0.6 is 0 Å². The molecule has 1 N–H and O–H groups in total. The number of carbonyl (C=O) groups is 1. The van der Waals surface area contributed by atoms with Crippen LogP contribution in [0.4, 0.5) is 0 Å². The maximum atomic E-state index is 12.3. The highest BCUT2D eigenvalue weighted by molar-refractivity contribution is 5.80. The molecule has 3 unspecified atom stereocenters. The second-order valence-corrected chi connectivity index (χ2v) is 6.78. The predicted molar refractivity (Wildman–Crippen MR) is 89.5 cm³/mol. The minimum Gasteiger partial charge on any atom is -0.465 e. The molecule has 0 aromatic carbocycles. The minimum absolute atomic E-state index is 0.149. The third-order valence-corrected chi connectivity index (χ3v) is 4.20. The zero-order chi connectivity index (χ0) is 16.6. The maximum absolute atomic E-state index is 12.3. The molecular formula is C17H36N2O2. The van der Waals surface area contributed by atoms with Crippen molar-refractivity contribution in [3.05, 3.63) is 0 Å². The third kappa shape index (κ3) is 6.79. The van der Waals surface area contributed by atoms with Gasteiger partial charge in [-0.25, -0.2) is 0 Å². The third-order valence-electron chi connectivity index (χ3n) is 4.20.